The van der Waals surface area contributed by atoms with Gasteiger partial charge < -0.3 is 15.2 Å². The van der Waals surface area contributed by atoms with Gasteiger partial charge in [-0.25, -0.2) is 0 Å². The minimum atomic E-state index is 0.129. The van der Waals surface area contributed by atoms with Crippen molar-refractivity contribution in [1.82, 2.24) is 4.90 Å². The molecular weight excluding hydrogens is 288 g/mol. The third-order valence-corrected chi connectivity index (χ3v) is 4.39. The molecule has 4 nitrogen and oxygen atoms in total. The standard InChI is InChI=1S/C16H25ClN2O2/c1-4-9-19(11-5-6-11)13(10-18)12-7-8-14(20-2)16(21-3)15(12)17/h7-8,11,13H,4-6,9-10,18H2,1-3H3. The van der Waals surface area contributed by atoms with Crippen LogP contribution in [0, 0.1) is 0 Å². The summed E-state index contributed by atoms with van der Waals surface area (Å²) in [6, 6.07) is 4.68. The summed E-state index contributed by atoms with van der Waals surface area (Å²) >= 11 is 6.55. The van der Waals surface area contributed by atoms with Gasteiger partial charge in [-0.05, 0) is 37.4 Å². The molecule has 0 aromatic heterocycles. The average molecular weight is 313 g/mol. The molecule has 1 fully saturated rings. The zero-order valence-electron chi connectivity index (χ0n) is 13.1. The van der Waals surface area contributed by atoms with Crippen LogP contribution in [0.15, 0.2) is 12.1 Å². The van der Waals surface area contributed by atoms with Crippen molar-refractivity contribution in [1.29, 1.82) is 0 Å². The largest absolute Gasteiger partial charge is 0.493 e. The maximum absolute atomic E-state index is 6.55. The minimum absolute atomic E-state index is 0.129. The van der Waals surface area contributed by atoms with Gasteiger partial charge in [-0.3, -0.25) is 4.90 Å². The molecule has 0 aliphatic heterocycles. The van der Waals surface area contributed by atoms with Gasteiger partial charge in [0.15, 0.2) is 11.5 Å². The quantitative estimate of drug-likeness (QED) is 0.800. The van der Waals surface area contributed by atoms with Crippen molar-refractivity contribution in [2.24, 2.45) is 5.73 Å². The summed E-state index contributed by atoms with van der Waals surface area (Å²) in [5, 5.41) is 0.606. The molecule has 0 saturated heterocycles. The van der Waals surface area contributed by atoms with E-state index < -0.39 is 0 Å². The van der Waals surface area contributed by atoms with Gasteiger partial charge in [-0.2, -0.15) is 0 Å². The van der Waals surface area contributed by atoms with Gasteiger partial charge in [0.25, 0.3) is 0 Å². The molecule has 0 heterocycles. The molecule has 1 aliphatic carbocycles. The SMILES string of the molecule is CCCN(C1CC1)C(CN)c1ccc(OC)c(OC)c1Cl. The van der Waals surface area contributed by atoms with E-state index in [1.165, 1.54) is 12.8 Å². The Labute approximate surface area is 132 Å². The Morgan fingerprint density at radius 3 is 2.52 bits per heavy atom. The van der Waals surface area contributed by atoms with Crippen LogP contribution in [0.25, 0.3) is 0 Å². The topological polar surface area (TPSA) is 47.7 Å². The molecule has 1 aromatic carbocycles. The van der Waals surface area contributed by atoms with E-state index in [4.69, 9.17) is 26.8 Å². The molecule has 0 bridgehead atoms. The van der Waals surface area contributed by atoms with Crippen LogP contribution >= 0.6 is 11.6 Å². The summed E-state index contributed by atoms with van der Waals surface area (Å²) in [5.41, 5.74) is 7.09. The van der Waals surface area contributed by atoms with Crippen LogP contribution in [0.1, 0.15) is 37.8 Å². The Balaban J connectivity index is 2.37. The molecule has 1 aromatic rings. The summed E-state index contributed by atoms with van der Waals surface area (Å²) in [4.78, 5) is 2.48. The first-order valence-electron chi connectivity index (χ1n) is 7.54. The Hall–Kier alpha value is -0.970. The summed E-state index contributed by atoms with van der Waals surface area (Å²) in [5.74, 6) is 1.23. The Kier molecular flexibility index (Phi) is 5.73. The molecule has 0 radical (unpaired) electrons. The number of nitrogens with two attached hydrogens (primary N) is 1. The molecule has 0 amide bonds. The van der Waals surface area contributed by atoms with Crippen LogP contribution in [0.4, 0.5) is 0 Å². The van der Waals surface area contributed by atoms with Crippen LogP contribution in [-0.2, 0) is 0 Å². The zero-order valence-corrected chi connectivity index (χ0v) is 13.8. The lowest BCUT2D eigenvalue weighted by Crippen LogP contribution is -2.36. The molecule has 118 valence electrons. The second-order valence-electron chi connectivity index (χ2n) is 5.42. The van der Waals surface area contributed by atoms with E-state index >= 15 is 0 Å². The van der Waals surface area contributed by atoms with E-state index in [0.29, 0.717) is 29.1 Å². The predicted molar refractivity (Wildman–Crippen MR) is 86.4 cm³/mol. The number of methoxy groups -OCH3 is 2. The fourth-order valence-corrected chi connectivity index (χ4v) is 3.22. The van der Waals surface area contributed by atoms with Crippen molar-refractivity contribution in [3.8, 4) is 11.5 Å². The number of benzene rings is 1. The van der Waals surface area contributed by atoms with E-state index in [1.807, 2.05) is 12.1 Å². The fourth-order valence-electron chi connectivity index (χ4n) is 2.86. The van der Waals surface area contributed by atoms with Crippen molar-refractivity contribution in [3.63, 3.8) is 0 Å². The number of halogens is 1. The highest BCUT2D eigenvalue weighted by molar-refractivity contribution is 6.33. The number of nitrogens with zero attached hydrogens (tertiary/aromatic N) is 1. The third kappa shape index (κ3) is 3.44. The highest BCUT2D eigenvalue weighted by Gasteiger charge is 2.34. The maximum atomic E-state index is 6.55. The fraction of sp³-hybridized carbons (Fsp3) is 0.625. The van der Waals surface area contributed by atoms with Gasteiger partial charge in [0.05, 0.1) is 19.2 Å². The van der Waals surface area contributed by atoms with Gasteiger partial charge in [-0.1, -0.05) is 24.6 Å². The molecule has 1 saturated carbocycles. The van der Waals surface area contributed by atoms with Crippen LogP contribution in [0.3, 0.4) is 0 Å². The average Bonchev–Trinajstić information content (AvgIpc) is 3.32. The first kappa shape index (κ1) is 16.4. The monoisotopic (exact) mass is 312 g/mol. The first-order valence-corrected chi connectivity index (χ1v) is 7.91. The predicted octanol–water partition coefficient (Wildman–Crippen LogP) is 3.23. The molecule has 0 spiro atoms. The third-order valence-electron chi connectivity index (χ3n) is 4.00. The molecule has 2 N–H and O–H groups in total. The van der Waals surface area contributed by atoms with Crippen molar-refractivity contribution in [2.75, 3.05) is 27.3 Å². The van der Waals surface area contributed by atoms with Crippen molar-refractivity contribution < 1.29 is 9.47 Å². The molecule has 1 atom stereocenters. The van der Waals surface area contributed by atoms with Gasteiger partial charge in [-0.15, -0.1) is 0 Å². The van der Waals surface area contributed by atoms with E-state index in [2.05, 4.69) is 11.8 Å². The lowest BCUT2D eigenvalue weighted by molar-refractivity contribution is 0.191. The summed E-state index contributed by atoms with van der Waals surface area (Å²) in [7, 11) is 3.22. The van der Waals surface area contributed by atoms with Gasteiger partial charge in [0.1, 0.15) is 0 Å². The Bertz CT molecular complexity index is 478. The van der Waals surface area contributed by atoms with E-state index in [1.54, 1.807) is 14.2 Å². The van der Waals surface area contributed by atoms with E-state index in [9.17, 15) is 0 Å². The normalized spacial score (nSPS) is 16.1. The molecular formula is C16H25ClN2O2. The van der Waals surface area contributed by atoms with Gasteiger partial charge in [0, 0.05) is 18.6 Å². The molecule has 5 heteroatoms. The number of hydrogen-bond acceptors (Lipinski definition) is 4. The van der Waals surface area contributed by atoms with Gasteiger partial charge in [0.2, 0.25) is 0 Å². The Morgan fingerprint density at radius 2 is 2.05 bits per heavy atom. The summed E-state index contributed by atoms with van der Waals surface area (Å²) in [6.45, 7) is 3.78. The molecule has 21 heavy (non-hydrogen) atoms. The lowest BCUT2D eigenvalue weighted by atomic mass is 10.0. The highest BCUT2D eigenvalue weighted by atomic mass is 35.5. The maximum Gasteiger partial charge on any atom is 0.179 e. The van der Waals surface area contributed by atoms with Crippen molar-refractivity contribution in [3.05, 3.63) is 22.7 Å². The van der Waals surface area contributed by atoms with Crippen molar-refractivity contribution >= 4 is 11.6 Å². The summed E-state index contributed by atoms with van der Waals surface area (Å²) < 4.78 is 10.7. The Morgan fingerprint density at radius 1 is 1.33 bits per heavy atom. The molecule has 2 rings (SSSR count). The minimum Gasteiger partial charge on any atom is -0.493 e. The molecule has 1 aliphatic rings. The van der Waals surface area contributed by atoms with Crippen LogP contribution in [0.5, 0.6) is 11.5 Å². The summed E-state index contributed by atoms with van der Waals surface area (Å²) in [6.07, 6.45) is 3.61. The highest BCUT2D eigenvalue weighted by Crippen LogP contribution is 2.43. The number of rotatable bonds is 8. The van der Waals surface area contributed by atoms with Crippen LogP contribution < -0.4 is 15.2 Å². The van der Waals surface area contributed by atoms with Crippen LogP contribution in [0.2, 0.25) is 5.02 Å². The van der Waals surface area contributed by atoms with Gasteiger partial charge >= 0.3 is 0 Å². The second kappa shape index (κ2) is 7.34. The lowest BCUT2D eigenvalue weighted by Gasteiger charge is -2.32. The smallest absolute Gasteiger partial charge is 0.179 e. The zero-order chi connectivity index (χ0) is 15.4. The number of ether oxygens (including phenoxy) is 2. The van der Waals surface area contributed by atoms with Crippen molar-refractivity contribution in [2.45, 2.75) is 38.3 Å². The first-order chi connectivity index (χ1) is 10.2. The second-order valence-corrected chi connectivity index (χ2v) is 5.80. The van der Waals surface area contributed by atoms with E-state index in [0.717, 1.165) is 18.5 Å². The number of hydrogen-bond donors (Lipinski definition) is 1. The molecule has 1 unspecified atom stereocenters. The van der Waals surface area contributed by atoms with E-state index in [-0.39, 0.29) is 6.04 Å². The van der Waals surface area contributed by atoms with Crippen LogP contribution in [-0.4, -0.2) is 38.3 Å².